The van der Waals surface area contributed by atoms with E-state index < -0.39 is 0 Å². The fourth-order valence-corrected chi connectivity index (χ4v) is 4.11. The summed E-state index contributed by atoms with van der Waals surface area (Å²) in [6.45, 7) is 6.89. The monoisotopic (exact) mass is 435 g/mol. The number of likely N-dealkylation sites (tertiary alicyclic amines) is 1. The van der Waals surface area contributed by atoms with Gasteiger partial charge in [0, 0.05) is 37.7 Å². The van der Waals surface area contributed by atoms with Gasteiger partial charge in [-0.15, -0.1) is 0 Å². The molecule has 0 bridgehead atoms. The van der Waals surface area contributed by atoms with Gasteiger partial charge in [0.05, 0.1) is 21.3 Å². The fraction of sp³-hybridized carbons (Fsp3) is 0.652. The van der Waals surface area contributed by atoms with Crippen molar-refractivity contribution in [2.75, 3.05) is 61.6 Å². The average molecular weight is 436 g/mol. The van der Waals surface area contributed by atoms with Crippen molar-refractivity contribution in [3.8, 4) is 17.2 Å². The number of nitrogens with zero attached hydrogens (tertiary/aromatic N) is 2. The molecule has 1 aliphatic heterocycles. The number of methoxy groups -OCH3 is 3. The van der Waals surface area contributed by atoms with Gasteiger partial charge in [0.2, 0.25) is 11.7 Å². The van der Waals surface area contributed by atoms with Crippen molar-refractivity contribution in [3.05, 3.63) is 17.7 Å². The summed E-state index contributed by atoms with van der Waals surface area (Å²) in [5.74, 6) is 1.24. The zero-order valence-electron chi connectivity index (χ0n) is 19.9. The Kier molecular flexibility index (Phi) is 8.56. The van der Waals surface area contributed by atoms with Gasteiger partial charge in [0.25, 0.3) is 5.91 Å². The van der Waals surface area contributed by atoms with Crippen LogP contribution < -0.4 is 19.5 Å². The van der Waals surface area contributed by atoms with Crippen LogP contribution in [0.4, 0.5) is 0 Å². The van der Waals surface area contributed by atoms with E-state index in [0.29, 0.717) is 55.3 Å². The molecule has 1 aromatic rings. The van der Waals surface area contributed by atoms with E-state index in [9.17, 15) is 9.59 Å². The molecule has 174 valence electrons. The third-order valence-corrected chi connectivity index (χ3v) is 5.55. The second-order valence-corrected chi connectivity index (χ2v) is 9.10. The second-order valence-electron chi connectivity index (χ2n) is 9.10. The molecule has 31 heavy (non-hydrogen) atoms. The van der Waals surface area contributed by atoms with Crippen LogP contribution in [0.5, 0.6) is 17.2 Å². The van der Waals surface area contributed by atoms with Crippen LogP contribution in [0.2, 0.25) is 0 Å². The van der Waals surface area contributed by atoms with E-state index in [0.717, 1.165) is 6.54 Å². The van der Waals surface area contributed by atoms with E-state index >= 15 is 0 Å². The highest BCUT2D eigenvalue weighted by molar-refractivity contribution is 5.96. The first kappa shape index (κ1) is 24.8. The maximum Gasteiger partial charge on any atom is 0.254 e. The molecule has 1 fully saturated rings. The highest BCUT2D eigenvalue weighted by Crippen LogP contribution is 2.38. The highest BCUT2D eigenvalue weighted by atomic mass is 16.5. The molecule has 0 spiro atoms. The largest absolute Gasteiger partial charge is 0.493 e. The van der Waals surface area contributed by atoms with Crippen LogP contribution in [0.25, 0.3) is 0 Å². The molecule has 2 amide bonds. The van der Waals surface area contributed by atoms with E-state index in [1.165, 1.54) is 21.3 Å². The molecule has 1 heterocycles. The summed E-state index contributed by atoms with van der Waals surface area (Å²) < 4.78 is 16.0. The molecule has 8 heteroatoms. The predicted octanol–water partition coefficient (Wildman–Crippen LogP) is 2.27. The van der Waals surface area contributed by atoms with Crippen molar-refractivity contribution in [2.45, 2.75) is 26.7 Å². The van der Waals surface area contributed by atoms with Gasteiger partial charge in [-0.1, -0.05) is 13.8 Å². The molecule has 1 aromatic carbocycles. The van der Waals surface area contributed by atoms with Crippen molar-refractivity contribution in [1.29, 1.82) is 0 Å². The first-order valence-corrected chi connectivity index (χ1v) is 10.6. The topological polar surface area (TPSA) is 80.3 Å². The standard InChI is InChI=1S/C23H37N3O5/c1-23(2,15-25(3)4)14-24-21(27)16-8-10-26(11-9-16)22(28)17-12-18(29-5)20(31-7)19(13-17)30-6/h12-13,16H,8-11,14-15H2,1-7H3,(H,24,27). The van der Waals surface area contributed by atoms with Crippen molar-refractivity contribution >= 4 is 11.8 Å². The lowest BCUT2D eigenvalue weighted by atomic mass is 9.91. The molecule has 0 saturated carbocycles. The van der Waals surface area contributed by atoms with Gasteiger partial charge in [-0.05, 0) is 44.5 Å². The minimum absolute atomic E-state index is 0.00229. The molecule has 0 aromatic heterocycles. The van der Waals surface area contributed by atoms with Crippen LogP contribution in [0.15, 0.2) is 12.1 Å². The van der Waals surface area contributed by atoms with Gasteiger partial charge in [0.15, 0.2) is 11.5 Å². The molecule has 0 atom stereocenters. The zero-order valence-corrected chi connectivity index (χ0v) is 19.9. The summed E-state index contributed by atoms with van der Waals surface area (Å²) >= 11 is 0. The lowest BCUT2D eigenvalue weighted by molar-refractivity contribution is -0.126. The molecule has 0 unspecified atom stereocenters. The Hall–Kier alpha value is -2.48. The smallest absolute Gasteiger partial charge is 0.254 e. The first-order chi connectivity index (χ1) is 14.6. The second kappa shape index (κ2) is 10.7. The van der Waals surface area contributed by atoms with Crippen molar-refractivity contribution in [3.63, 3.8) is 0 Å². The number of hydrogen-bond acceptors (Lipinski definition) is 6. The minimum Gasteiger partial charge on any atom is -0.493 e. The van der Waals surface area contributed by atoms with Crippen LogP contribution in [-0.2, 0) is 4.79 Å². The van der Waals surface area contributed by atoms with E-state index in [-0.39, 0.29) is 23.1 Å². The summed E-state index contributed by atoms with van der Waals surface area (Å²) in [4.78, 5) is 29.6. The predicted molar refractivity (Wildman–Crippen MR) is 120 cm³/mol. The Morgan fingerprint density at radius 1 is 1.06 bits per heavy atom. The van der Waals surface area contributed by atoms with E-state index in [1.807, 2.05) is 14.1 Å². The number of rotatable bonds is 9. The highest BCUT2D eigenvalue weighted by Gasteiger charge is 2.30. The van der Waals surface area contributed by atoms with Crippen LogP contribution in [-0.4, -0.2) is 83.2 Å². The molecular weight excluding hydrogens is 398 g/mol. The van der Waals surface area contributed by atoms with Crippen molar-refractivity contribution < 1.29 is 23.8 Å². The van der Waals surface area contributed by atoms with Crippen LogP contribution in [0, 0.1) is 11.3 Å². The lowest BCUT2D eigenvalue weighted by Crippen LogP contribution is -2.46. The Labute approximate surface area is 185 Å². The Bertz CT molecular complexity index is 745. The van der Waals surface area contributed by atoms with Crippen LogP contribution >= 0.6 is 0 Å². The summed E-state index contributed by atoms with van der Waals surface area (Å²) in [6.07, 6.45) is 1.30. The SMILES string of the molecule is COc1cc(C(=O)N2CCC(C(=O)NCC(C)(C)CN(C)C)CC2)cc(OC)c1OC. The fourth-order valence-electron chi connectivity index (χ4n) is 4.11. The quantitative estimate of drug-likeness (QED) is 0.641. The third-order valence-electron chi connectivity index (χ3n) is 5.55. The van der Waals surface area contributed by atoms with Crippen LogP contribution in [0.1, 0.15) is 37.0 Å². The molecule has 0 aliphatic carbocycles. The number of carbonyl (C=O) groups is 2. The van der Waals surface area contributed by atoms with Gasteiger partial charge in [0.1, 0.15) is 0 Å². The molecule has 2 rings (SSSR count). The number of hydrogen-bond donors (Lipinski definition) is 1. The first-order valence-electron chi connectivity index (χ1n) is 10.6. The summed E-state index contributed by atoms with van der Waals surface area (Å²) in [6, 6.07) is 3.32. The van der Waals surface area contributed by atoms with Gasteiger partial charge in [-0.25, -0.2) is 0 Å². The average Bonchev–Trinajstić information content (AvgIpc) is 2.75. The van der Waals surface area contributed by atoms with Gasteiger partial charge in [-0.2, -0.15) is 0 Å². The molecular formula is C23H37N3O5. The number of nitrogens with one attached hydrogen (secondary N) is 1. The Balaban J connectivity index is 1.97. The summed E-state index contributed by atoms with van der Waals surface area (Å²) in [5.41, 5.74) is 0.477. The van der Waals surface area contributed by atoms with E-state index in [4.69, 9.17) is 14.2 Å². The Morgan fingerprint density at radius 3 is 2.06 bits per heavy atom. The van der Waals surface area contributed by atoms with Gasteiger partial charge < -0.3 is 29.3 Å². The maximum atomic E-state index is 13.0. The third kappa shape index (κ3) is 6.50. The number of ether oxygens (including phenoxy) is 3. The van der Waals surface area contributed by atoms with Crippen molar-refractivity contribution in [2.24, 2.45) is 11.3 Å². The minimum atomic E-state index is -0.106. The number of amides is 2. The maximum absolute atomic E-state index is 13.0. The summed E-state index contributed by atoms with van der Waals surface area (Å²) in [5, 5.41) is 3.10. The molecule has 1 N–H and O–H groups in total. The number of piperidine rings is 1. The number of carbonyl (C=O) groups excluding carboxylic acids is 2. The molecule has 1 aliphatic rings. The molecule has 1 saturated heterocycles. The van der Waals surface area contributed by atoms with Gasteiger partial charge >= 0.3 is 0 Å². The Morgan fingerprint density at radius 2 is 1.61 bits per heavy atom. The normalized spacial score (nSPS) is 15.0. The zero-order chi connectivity index (χ0) is 23.2. The van der Waals surface area contributed by atoms with Gasteiger partial charge in [-0.3, -0.25) is 9.59 Å². The van der Waals surface area contributed by atoms with Crippen LogP contribution in [0.3, 0.4) is 0 Å². The van der Waals surface area contributed by atoms with Crippen molar-refractivity contribution in [1.82, 2.24) is 15.1 Å². The summed E-state index contributed by atoms with van der Waals surface area (Å²) in [7, 11) is 8.64. The van der Waals surface area contributed by atoms with E-state index in [2.05, 4.69) is 24.1 Å². The number of benzene rings is 1. The molecule has 8 nitrogen and oxygen atoms in total. The van der Waals surface area contributed by atoms with E-state index in [1.54, 1.807) is 17.0 Å². The molecule has 0 radical (unpaired) electrons. The lowest BCUT2D eigenvalue weighted by Gasteiger charge is -2.33.